The van der Waals surface area contributed by atoms with E-state index in [1.165, 1.54) is 0 Å². The van der Waals surface area contributed by atoms with Gasteiger partial charge >= 0.3 is 0 Å². The summed E-state index contributed by atoms with van der Waals surface area (Å²) in [7, 11) is 2.01. The van der Waals surface area contributed by atoms with Crippen molar-refractivity contribution in [2.24, 2.45) is 0 Å². The molecule has 0 atom stereocenters. The van der Waals surface area contributed by atoms with Crippen molar-refractivity contribution in [2.75, 3.05) is 23.8 Å². The predicted molar refractivity (Wildman–Crippen MR) is 69.1 cm³/mol. The van der Waals surface area contributed by atoms with Crippen LogP contribution in [0.3, 0.4) is 0 Å². The summed E-state index contributed by atoms with van der Waals surface area (Å²) in [6.07, 6.45) is 3.51. The van der Waals surface area contributed by atoms with E-state index in [1.807, 2.05) is 32.3 Å². The van der Waals surface area contributed by atoms with Gasteiger partial charge in [-0.3, -0.25) is 0 Å². The maximum absolute atomic E-state index is 4.26. The van der Waals surface area contributed by atoms with Crippen LogP contribution in [0.2, 0.25) is 0 Å². The Labute approximate surface area is 101 Å². The number of anilines is 2. The van der Waals surface area contributed by atoms with Gasteiger partial charge in [-0.05, 0) is 19.1 Å². The van der Waals surface area contributed by atoms with Crippen molar-refractivity contribution in [1.82, 2.24) is 15.0 Å². The molecular formula is C12H17N5. The maximum Gasteiger partial charge on any atom is 0.134 e. The molecule has 5 nitrogen and oxygen atoms in total. The Hall–Kier alpha value is -2.04. The fourth-order valence-electron chi connectivity index (χ4n) is 1.64. The molecule has 5 heteroatoms. The van der Waals surface area contributed by atoms with Crippen LogP contribution >= 0.6 is 0 Å². The number of H-pyrrole nitrogens is 1. The van der Waals surface area contributed by atoms with Gasteiger partial charge in [0.1, 0.15) is 18.0 Å². The van der Waals surface area contributed by atoms with Crippen LogP contribution in [0.25, 0.3) is 0 Å². The van der Waals surface area contributed by atoms with Gasteiger partial charge in [0.15, 0.2) is 0 Å². The van der Waals surface area contributed by atoms with Gasteiger partial charge in [0.25, 0.3) is 0 Å². The number of rotatable bonds is 5. The second-order valence-corrected chi connectivity index (χ2v) is 3.84. The van der Waals surface area contributed by atoms with Gasteiger partial charge in [-0.1, -0.05) is 0 Å². The van der Waals surface area contributed by atoms with Crippen LogP contribution in [0.15, 0.2) is 30.7 Å². The predicted octanol–water partition coefficient (Wildman–Crippen LogP) is 1.87. The quantitative estimate of drug-likeness (QED) is 0.825. The summed E-state index contributed by atoms with van der Waals surface area (Å²) in [4.78, 5) is 13.7. The highest BCUT2D eigenvalue weighted by molar-refractivity contribution is 5.47. The van der Waals surface area contributed by atoms with Crippen LogP contribution in [0, 0.1) is 0 Å². The normalized spacial score (nSPS) is 10.2. The van der Waals surface area contributed by atoms with Gasteiger partial charge in [0.05, 0.1) is 6.54 Å². The molecule has 2 N–H and O–H groups in total. The first kappa shape index (κ1) is 11.4. The molecule has 0 unspecified atom stereocenters. The average molecular weight is 231 g/mol. The van der Waals surface area contributed by atoms with Gasteiger partial charge in [-0.2, -0.15) is 0 Å². The Morgan fingerprint density at radius 2 is 2.29 bits per heavy atom. The first-order valence-electron chi connectivity index (χ1n) is 5.69. The fourth-order valence-corrected chi connectivity index (χ4v) is 1.64. The number of nitrogens with one attached hydrogen (secondary N) is 2. The molecule has 0 amide bonds. The Morgan fingerprint density at radius 3 is 3.00 bits per heavy atom. The lowest BCUT2D eigenvalue weighted by atomic mass is 10.4. The average Bonchev–Trinajstić information content (AvgIpc) is 2.83. The molecule has 0 saturated heterocycles. The van der Waals surface area contributed by atoms with E-state index in [0.717, 1.165) is 30.4 Å². The van der Waals surface area contributed by atoms with E-state index in [9.17, 15) is 0 Å². The molecule has 0 fully saturated rings. The smallest absolute Gasteiger partial charge is 0.134 e. The highest BCUT2D eigenvalue weighted by Crippen LogP contribution is 2.14. The summed E-state index contributed by atoms with van der Waals surface area (Å²) in [5.74, 6) is 1.77. The van der Waals surface area contributed by atoms with Crippen molar-refractivity contribution in [3.63, 3.8) is 0 Å². The molecule has 0 aliphatic rings. The largest absolute Gasteiger partial charge is 0.370 e. The van der Waals surface area contributed by atoms with Crippen LogP contribution in [0.5, 0.6) is 0 Å². The summed E-state index contributed by atoms with van der Waals surface area (Å²) in [5, 5.41) is 3.18. The number of hydrogen-bond acceptors (Lipinski definition) is 4. The molecule has 2 heterocycles. The van der Waals surface area contributed by atoms with Crippen LogP contribution in [0.4, 0.5) is 11.6 Å². The molecule has 0 radical (unpaired) electrons. The lowest BCUT2D eigenvalue weighted by Crippen LogP contribution is -2.18. The molecule has 0 aliphatic heterocycles. The summed E-state index contributed by atoms with van der Waals surface area (Å²) >= 11 is 0. The van der Waals surface area contributed by atoms with E-state index in [-0.39, 0.29) is 0 Å². The van der Waals surface area contributed by atoms with Crippen molar-refractivity contribution >= 4 is 11.6 Å². The second-order valence-electron chi connectivity index (χ2n) is 3.84. The van der Waals surface area contributed by atoms with Crippen molar-refractivity contribution in [3.05, 3.63) is 36.4 Å². The zero-order valence-electron chi connectivity index (χ0n) is 10.1. The van der Waals surface area contributed by atoms with E-state index >= 15 is 0 Å². The van der Waals surface area contributed by atoms with E-state index < -0.39 is 0 Å². The molecule has 0 aromatic carbocycles. The van der Waals surface area contributed by atoms with E-state index in [2.05, 4.69) is 31.2 Å². The van der Waals surface area contributed by atoms with Gasteiger partial charge in [-0.25, -0.2) is 9.97 Å². The van der Waals surface area contributed by atoms with E-state index in [4.69, 9.17) is 0 Å². The number of nitrogens with zero attached hydrogens (tertiary/aromatic N) is 3. The highest BCUT2D eigenvalue weighted by Gasteiger charge is 2.05. The molecule has 0 spiro atoms. The molecule has 0 saturated carbocycles. The molecule has 0 aliphatic carbocycles. The Morgan fingerprint density at radius 1 is 1.41 bits per heavy atom. The van der Waals surface area contributed by atoms with Crippen molar-refractivity contribution in [1.29, 1.82) is 0 Å². The lowest BCUT2D eigenvalue weighted by Gasteiger charge is -2.17. The molecule has 0 bridgehead atoms. The van der Waals surface area contributed by atoms with Crippen LogP contribution in [-0.4, -0.2) is 28.5 Å². The highest BCUT2D eigenvalue weighted by atomic mass is 15.2. The SMILES string of the molecule is CCNc1cc(N(C)Cc2ccc[nH]2)ncn1. The third-order valence-electron chi connectivity index (χ3n) is 2.47. The second kappa shape index (κ2) is 5.34. The first-order valence-corrected chi connectivity index (χ1v) is 5.69. The Bertz CT molecular complexity index is 452. The molecule has 2 aromatic rings. The number of hydrogen-bond donors (Lipinski definition) is 2. The third kappa shape index (κ3) is 2.96. The molecule has 90 valence electrons. The van der Waals surface area contributed by atoms with Gasteiger partial charge < -0.3 is 15.2 Å². The lowest BCUT2D eigenvalue weighted by molar-refractivity contribution is 0.868. The van der Waals surface area contributed by atoms with Gasteiger partial charge in [-0.15, -0.1) is 0 Å². The maximum atomic E-state index is 4.26. The molecular weight excluding hydrogens is 214 g/mol. The zero-order chi connectivity index (χ0) is 12.1. The minimum atomic E-state index is 0.801. The zero-order valence-corrected chi connectivity index (χ0v) is 10.1. The van der Waals surface area contributed by atoms with Crippen LogP contribution in [0.1, 0.15) is 12.6 Å². The van der Waals surface area contributed by atoms with Crippen molar-refractivity contribution in [3.8, 4) is 0 Å². The Kier molecular flexibility index (Phi) is 3.59. The van der Waals surface area contributed by atoms with Gasteiger partial charge in [0, 0.05) is 31.5 Å². The number of aromatic amines is 1. The fraction of sp³-hybridized carbons (Fsp3) is 0.333. The Balaban J connectivity index is 2.07. The summed E-state index contributed by atoms with van der Waals surface area (Å²) in [6, 6.07) is 6.00. The third-order valence-corrected chi connectivity index (χ3v) is 2.47. The topological polar surface area (TPSA) is 56.8 Å². The molecule has 2 rings (SSSR count). The minimum Gasteiger partial charge on any atom is -0.370 e. The van der Waals surface area contributed by atoms with E-state index in [1.54, 1.807) is 6.33 Å². The van der Waals surface area contributed by atoms with Gasteiger partial charge in [0.2, 0.25) is 0 Å². The summed E-state index contributed by atoms with van der Waals surface area (Å²) < 4.78 is 0. The van der Waals surface area contributed by atoms with Crippen LogP contribution in [-0.2, 0) is 6.54 Å². The van der Waals surface area contributed by atoms with Crippen molar-refractivity contribution < 1.29 is 0 Å². The summed E-state index contributed by atoms with van der Waals surface area (Å²) in [5.41, 5.74) is 1.16. The minimum absolute atomic E-state index is 0.801. The summed E-state index contributed by atoms with van der Waals surface area (Å²) in [6.45, 7) is 3.71. The monoisotopic (exact) mass is 231 g/mol. The number of aromatic nitrogens is 3. The van der Waals surface area contributed by atoms with Crippen molar-refractivity contribution in [2.45, 2.75) is 13.5 Å². The molecule has 17 heavy (non-hydrogen) atoms. The molecule has 2 aromatic heterocycles. The standard InChI is InChI=1S/C12H17N5/c1-3-13-11-7-12(16-9-15-11)17(2)8-10-5-4-6-14-10/h4-7,9,14H,3,8H2,1-2H3,(H,13,15,16). The van der Waals surface area contributed by atoms with E-state index in [0.29, 0.717) is 0 Å². The first-order chi connectivity index (χ1) is 8.29. The van der Waals surface area contributed by atoms with Crippen LogP contribution < -0.4 is 10.2 Å².